The lowest BCUT2D eigenvalue weighted by Gasteiger charge is -2.23. The first-order chi connectivity index (χ1) is 10.0. The highest BCUT2D eigenvalue weighted by Crippen LogP contribution is 2.35. The fraction of sp³-hybridized carbons (Fsp3) is 0.538. The van der Waals surface area contributed by atoms with E-state index >= 15 is 0 Å². The van der Waals surface area contributed by atoms with Gasteiger partial charge >= 0.3 is 6.18 Å². The molecule has 4 nitrogen and oxygen atoms in total. The van der Waals surface area contributed by atoms with Crippen LogP contribution in [0.3, 0.4) is 0 Å². The average Bonchev–Trinajstić information content (AvgIpc) is 2.83. The van der Waals surface area contributed by atoms with Gasteiger partial charge in [-0.2, -0.15) is 13.2 Å². The first kappa shape index (κ1) is 17.2. The molecule has 1 aliphatic rings. The molecule has 1 aliphatic carbocycles. The van der Waals surface area contributed by atoms with E-state index in [2.05, 4.69) is 0 Å². The third-order valence-electron chi connectivity index (χ3n) is 3.66. The van der Waals surface area contributed by atoms with Crippen molar-refractivity contribution in [3.8, 4) is 0 Å². The van der Waals surface area contributed by atoms with E-state index in [0.29, 0.717) is 25.0 Å². The lowest BCUT2D eigenvalue weighted by atomic mass is 10.0. The molecule has 2 N–H and O–H groups in total. The molecule has 0 atom stereocenters. The van der Waals surface area contributed by atoms with Crippen molar-refractivity contribution in [3.05, 3.63) is 29.6 Å². The Morgan fingerprint density at radius 3 is 2.36 bits per heavy atom. The molecule has 0 unspecified atom stereocenters. The first-order valence-electron chi connectivity index (χ1n) is 6.62. The number of rotatable bonds is 4. The molecule has 0 bridgehead atoms. The molecule has 0 aliphatic heterocycles. The Bertz CT molecular complexity index is 652. The summed E-state index contributed by atoms with van der Waals surface area (Å²) < 4.78 is 77.7. The summed E-state index contributed by atoms with van der Waals surface area (Å²) in [6.45, 7) is -0.371. The average molecular weight is 341 g/mol. The van der Waals surface area contributed by atoms with Gasteiger partial charge in [-0.3, -0.25) is 0 Å². The van der Waals surface area contributed by atoms with E-state index in [1.807, 2.05) is 4.72 Å². The van der Waals surface area contributed by atoms with E-state index < -0.39 is 38.1 Å². The van der Waals surface area contributed by atoms with Crippen LogP contribution >= 0.6 is 0 Å². The summed E-state index contributed by atoms with van der Waals surface area (Å²) in [5.74, 6) is -1.18. The minimum Gasteiger partial charge on any atom is -0.389 e. The number of benzene rings is 1. The van der Waals surface area contributed by atoms with Crippen molar-refractivity contribution >= 4 is 10.0 Å². The van der Waals surface area contributed by atoms with Crippen molar-refractivity contribution in [3.63, 3.8) is 0 Å². The molecular weight excluding hydrogens is 326 g/mol. The third-order valence-corrected chi connectivity index (χ3v) is 5.12. The predicted molar refractivity (Wildman–Crippen MR) is 70.0 cm³/mol. The zero-order chi connectivity index (χ0) is 16.6. The molecular formula is C13H15F4NO3S. The van der Waals surface area contributed by atoms with E-state index in [-0.39, 0.29) is 12.6 Å². The van der Waals surface area contributed by atoms with Gasteiger partial charge in [0, 0.05) is 6.54 Å². The minimum atomic E-state index is -5.00. The van der Waals surface area contributed by atoms with Crippen molar-refractivity contribution in [2.75, 3.05) is 6.54 Å². The predicted octanol–water partition coefficient (Wildman–Crippen LogP) is 2.43. The number of nitrogens with one attached hydrogen (secondary N) is 1. The molecule has 0 saturated heterocycles. The topological polar surface area (TPSA) is 66.4 Å². The normalized spacial score (nSPS) is 18.6. The zero-order valence-electron chi connectivity index (χ0n) is 11.5. The van der Waals surface area contributed by atoms with Gasteiger partial charge in [0.05, 0.1) is 16.1 Å². The quantitative estimate of drug-likeness (QED) is 0.827. The second-order valence-corrected chi connectivity index (χ2v) is 7.13. The van der Waals surface area contributed by atoms with Crippen LogP contribution in [0.1, 0.15) is 31.2 Å². The Morgan fingerprint density at radius 2 is 1.82 bits per heavy atom. The third kappa shape index (κ3) is 3.76. The molecule has 1 aromatic rings. The Labute approximate surface area is 125 Å². The Hall–Kier alpha value is -1.19. The number of hydrogen-bond donors (Lipinski definition) is 2. The van der Waals surface area contributed by atoms with Crippen molar-refractivity contribution in [1.29, 1.82) is 0 Å². The highest BCUT2D eigenvalue weighted by Gasteiger charge is 2.39. The van der Waals surface area contributed by atoms with Crippen molar-refractivity contribution < 1.29 is 31.1 Å². The lowest BCUT2D eigenvalue weighted by molar-refractivity contribution is -0.140. The number of sulfonamides is 1. The van der Waals surface area contributed by atoms with Crippen molar-refractivity contribution in [2.45, 2.75) is 42.4 Å². The van der Waals surface area contributed by atoms with Crippen LogP contribution in [0.4, 0.5) is 17.6 Å². The molecule has 0 spiro atoms. The number of alkyl halides is 3. The summed E-state index contributed by atoms with van der Waals surface area (Å²) in [4.78, 5) is -1.05. The molecule has 0 amide bonds. The van der Waals surface area contributed by atoms with Crippen LogP contribution in [0.5, 0.6) is 0 Å². The van der Waals surface area contributed by atoms with Gasteiger partial charge in [-0.25, -0.2) is 17.5 Å². The van der Waals surface area contributed by atoms with Gasteiger partial charge in [0.1, 0.15) is 5.82 Å². The second-order valence-electron chi connectivity index (χ2n) is 5.39. The van der Waals surface area contributed by atoms with E-state index in [4.69, 9.17) is 0 Å². The number of halogens is 4. The highest BCUT2D eigenvalue weighted by atomic mass is 32.2. The van der Waals surface area contributed by atoms with Gasteiger partial charge in [0.15, 0.2) is 0 Å². The molecule has 0 heterocycles. The van der Waals surface area contributed by atoms with Gasteiger partial charge in [0.2, 0.25) is 10.0 Å². The number of aliphatic hydroxyl groups is 1. The summed E-state index contributed by atoms with van der Waals surface area (Å²) in [7, 11) is -4.51. The maximum atomic E-state index is 13.0. The summed E-state index contributed by atoms with van der Waals surface area (Å²) in [5, 5.41) is 10.1. The lowest BCUT2D eigenvalue weighted by Crippen LogP contribution is -2.41. The van der Waals surface area contributed by atoms with Crippen LogP contribution in [-0.4, -0.2) is 25.7 Å². The maximum Gasteiger partial charge on any atom is 0.417 e. The minimum absolute atomic E-state index is 0.138. The van der Waals surface area contributed by atoms with Crippen molar-refractivity contribution in [2.24, 2.45) is 0 Å². The fourth-order valence-corrected chi connectivity index (χ4v) is 3.80. The van der Waals surface area contributed by atoms with Crippen LogP contribution in [0.25, 0.3) is 0 Å². The van der Waals surface area contributed by atoms with Crippen LogP contribution in [0.2, 0.25) is 0 Å². The van der Waals surface area contributed by atoms with Crippen LogP contribution in [0, 0.1) is 5.82 Å². The van der Waals surface area contributed by atoms with E-state index in [0.717, 1.165) is 12.8 Å². The van der Waals surface area contributed by atoms with E-state index in [1.165, 1.54) is 0 Å². The molecule has 2 rings (SSSR count). The van der Waals surface area contributed by atoms with Crippen LogP contribution in [0.15, 0.2) is 23.1 Å². The highest BCUT2D eigenvalue weighted by molar-refractivity contribution is 7.89. The molecule has 22 heavy (non-hydrogen) atoms. The zero-order valence-corrected chi connectivity index (χ0v) is 12.3. The Morgan fingerprint density at radius 1 is 1.23 bits per heavy atom. The van der Waals surface area contributed by atoms with Crippen LogP contribution in [-0.2, 0) is 16.2 Å². The molecule has 1 saturated carbocycles. The van der Waals surface area contributed by atoms with Gasteiger partial charge in [0.25, 0.3) is 0 Å². The van der Waals surface area contributed by atoms with E-state index in [1.54, 1.807) is 0 Å². The van der Waals surface area contributed by atoms with Crippen LogP contribution < -0.4 is 4.72 Å². The second kappa shape index (κ2) is 5.78. The summed E-state index contributed by atoms with van der Waals surface area (Å²) in [6.07, 6.45) is -2.79. The van der Waals surface area contributed by atoms with E-state index in [9.17, 15) is 31.1 Å². The van der Waals surface area contributed by atoms with Gasteiger partial charge in [-0.15, -0.1) is 0 Å². The largest absolute Gasteiger partial charge is 0.417 e. The number of hydrogen-bond acceptors (Lipinski definition) is 3. The van der Waals surface area contributed by atoms with Crippen molar-refractivity contribution in [1.82, 2.24) is 4.72 Å². The molecule has 1 fully saturated rings. The molecule has 9 heteroatoms. The maximum absolute atomic E-state index is 13.0. The van der Waals surface area contributed by atoms with Gasteiger partial charge in [-0.05, 0) is 31.0 Å². The SMILES string of the molecule is O=S(=O)(NCC1(O)CCCC1)c1ccc(F)cc1C(F)(F)F. The monoisotopic (exact) mass is 341 g/mol. The van der Waals surface area contributed by atoms with Gasteiger partial charge in [-0.1, -0.05) is 12.8 Å². The van der Waals surface area contributed by atoms with Gasteiger partial charge < -0.3 is 5.11 Å². The fourth-order valence-electron chi connectivity index (χ4n) is 2.48. The Kier molecular flexibility index (Phi) is 4.51. The molecule has 0 radical (unpaired) electrons. The Balaban J connectivity index is 2.29. The molecule has 0 aromatic heterocycles. The summed E-state index contributed by atoms with van der Waals surface area (Å²) in [6, 6.07) is 1.35. The smallest absolute Gasteiger partial charge is 0.389 e. The molecule has 1 aromatic carbocycles. The summed E-state index contributed by atoms with van der Waals surface area (Å²) >= 11 is 0. The molecule has 124 valence electrons. The summed E-state index contributed by atoms with van der Waals surface area (Å²) in [5.41, 5.74) is -2.82. The first-order valence-corrected chi connectivity index (χ1v) is 8.11. The standard InChI is InChI=1S/C13H15F4NO3S/c14-9-3-4-11(10(7-9)13(15,16)17)22(20,21)18-8-12(19)5-1-2-6-12/h3-4,7,18-19H,1-2,5-6,8H2.